The van der Waals surface area contributed by atoms with Crippen molar-refractivity contribution in [2.24, 2.45) is 0 Å². The van der Waals surface area contributed by atoms with Gasteiger partial charge >= 0.3 is 0 Å². The average molecular weight is 268 g/mol. The number of nitrogens with one attached hydrogen (secondary N) is 1. The first-order valence-electron chi connectivity index (χ1n) is 6.29. The van der Waals surface area contributed by atoms with Crippen LogP contribution >= 0.6 is 0 Å². The van der Waals surface area contributed by atoms with E-state index in [9.17, 15) is 8.42 Å². The highest BCUT2D eigenvalue weighted by Gasteiger charge is 2.39. The normalized spacial score (nSPS) is 18.3. The predicted octanol–water partition coefficient (Wildman–Crippen LogP) is 2.19. The molecule has 4 nitrogen and oxygen atoms in total. The molecule has 1 fully saturated rings. The molecule has 0 spiro atoms. The van der Waals surface area contributed by atoms with E-state index in [-0.39, 0.29) is 5.54 Å². The van der Waals surface area contributed by atoms with Gasteiger partial charge in [0.2, 0.25) is 10.0 Å². The molecule has 1 saturated carbocycles. The highest BCUT2D eigenvalue weighted by atomic mass is 32.2. The quantitative estimate of drug-likeness (QED) is 0.822. The van der Waals surface area contributed by atoms with Crippen LogP contribution in [-0.4, -0.2) is 14.0 Å². The first kappa shape index (κ1) is 13.4. The molecule has 0 unspecified atom stereocenters. The van der Waals surface area contributed by atoms with Crippen molar-refractivity contribution in [3.8, 4) is 0 Å². The fourth-order valence-electron chi connectivity index (χ4n) is 2.29. The summed E-state index contributed by atoms with van der Waals surface area (Å²) in [5.74, 6) is 0. The summed E-state index contributed by atoms with van der Waals surface area (Å²) in [5, 5.41) is 0. The monoisotopic (exact) mass is 268 g/mol. The molecule has 0 aliphatic heterocycles. The molecule has 2 rings (SSSR count). The SMILES string of the molecule is CCC1(NS(=O)(=O)c2ccc(N)c(C)c2)CCC1. The molecule has 3 N–H and O–H groups in total. The predicted molar refractivity (Wildman–Crippen MR) is 72.8 cm³/mol. The summed E-state index contributed by atoms with van der Waals surface area (Å²) in [7, 11) is -3.44. The lowest BCUT2D eigenvalue weighted by molar-refractivity contribution is 0.214. The molecule has 0 atom stereocenters. The highest BCUT2D eigenvalue weighted by molar-refractivity contribution is 7.89. The number of benzene rings is 1. The van der Waals surface area contributed by atoms with Gasteiger partial charge in [0.25, 0.3) is 0 Å². The van der Waals surface area contributed by atoms with Crippen molar-refractivity contribution < 1.29 is 8.42 Å². The van der Waals surface area contributed by atoms with Crippen molar-refractivity contribution in [1.82, 2.24) is 4.72 Å². The molecule has 0 radical (unpaired) electrons. The Morgan fingerprint density at radius 1 is 1.39 bits per heavy atom. The Morgan fingerprint density at radius 2 is 2.06 bits per heavy atom. The van der Waals surface area contributed by atoms with Gasteiger partial charge in [-0.05, 0) is 56.4 Å². The summed E-state index contributed by atoms with van der Waals surface area (Å²) < 4.78 is 27.5. The standard InChI is InChI=1S/C13H20N2O2S/c1-3-13(7-4-8-13)15-18(16,17)11-5-6-12(14)10(2)9-11/h5-6,9,15H,3-4,7-8,14H2,1-2H3. The van der Waals surface area contributed by atoms with Gasteiger partial charge in [-0.15, -0.1) is 0 Å². The number of sulfonamides is 1. The van der Waals surface area contributed by atoms with Crippen LogP contribution in [0.4, 0.5) is 5.69 Å². The molecule has 1 aromatic carbocycles. The van der Waals surface area contributed by atoms with E-state index in [1.54, 1.807) is 18.2 Å². The lowest BCUT2D eigenvalue weighted by atomic mass is 9.76. The number of hydrogen-bond acceptors (Lipinski definition) is 3. The Hall–Kier alpha value is -1.07. The van der Waals surface area contributed by atoms with E-state index in [1.165, 1.54) is 0 Å². The van der Waals surface area contributed by atoms with Gasteiger partial charge in [-0.25, -0.2) is 13.1 Å². The Bertz CT molecular complexity index is 543. The molecule has 0 heterocycles. The van der Waals surface area contributed by atoms with Crippen molar-refractivity contribution >= 4 is 15.7 Å². The fourth-order valence-corrected chi connectivity index (χ4v) is 3.91. The number of anilines is 1. The number of rotatable bonds is 4. The molecule has 0 bridgehead atoms. The van der Waals surface area contributed by atoms with Crippen molar-refractivity contribution in [2.45, 2.75) is 50.0 Å². The first-order valence-corrected chi connectivity index (χ1v) is 7.77. The van der Waals surface area contributed by atoms with E-state index < -0.39 is 10.0 Å². The number of nitrogen functional groups attached to an aromatic ring is 1. The van der Waals surface area contributed by atoms with Crippen molar-refractivity contribution in [3.63, 3.8) is 0 Å². The van der Waals surface area contributed by atoms with Crippen LogP contribution in [0.2, 0.25) is 0 Å². The molecule has 0 amide bonds. The molecule has 5 heteroatoms. The van der Waals surface area contributed by atoms with Crippen molar-refractivity contribution in [2.75, 3.05) is 5.73 Å². The van der Waals surface area contributed by atoms with E-state index >= 15 is 0 Å². The van der Waals surface area contributed by atoms with Crippen LogP contribution in [0.3, 0.4) is 0 Å². The number of aryl methyl sites for hydroxylation is 1. The maximum absolute atomic E-state index is 12.3. The molecule has 1 aliphatic rings. The average Bonchev–Trinajstić information content (AvgIpc) is 2.27. The van der Waals surface area contributed by atoms with E-state index in [0.717, 1.165) is 31.2 Å². The van der Waals surface area contributed by atoms with E-state index in [1.807, 2.05) is 13.8 Å². The molecular weight excluding hydrogens is 248 g/mol. The summed E-state index contributed by atoms with van der Waals surface area (Å²) in [4.78, 5) is 0.300. The van der Waals surface area contributed by atoms with Crippen molar-refractivity contribution in [3.05, 3.63) is 23.8 Å². The van der Waals surface area contributed by atoms with Gasteiger partial charge in [-0.2, -0.15) is 0 Å². The Morgan fingerprint density at radius 3 is 2.50 bits per heavy atom. The number of hydrogen-bond donors (Lipinski definition) is 2. The zero-order chi connectivity index (χ0) is 13.4. The Kier molecular flexibility index (Phi) is 3.38. The van der Waals surface area contributed by atoms with Crippen molar-refractivity contribution in [1.29, 1.82) is 0 Å². The minimum Gasteiger partial charge on any atom is -0.399 e. The second-order valence-corrected chi connectivity index (χ2v) is 6.79. The maximum atomic E-state index is 12.3. The van der Waals surface area contributed by atoms with E-state index in [4.69, 9.17) is 5.73 Å². The van der Waals surface area contributed by atoms with Gasteiger partial charge in [-0.1, -0.05) is 6.92 Å². The van der Waals surface area contributed by atoms with Crippen LogP contribution in [-0.2, 0) is 10.0 Å². The third-order valence-electron chi connectivity index (χ3n) is 3.89. The van der Waals surface area contributed by atoms with Gasteiger partial charge in [0.05, 0.1) is 4.90 Å². The van der Waals surface area contributed by atoms with Gasteiger partial charge < -0.3 is 5.73 Å². The highest BCUT2D eigenvalue weighted by Crippen LogP contribution is 2.36. The second kappa shape index (κ2) is 4.55. The Balaban J connectivity index is 2.28. The van der Waals surface area contributed by atoms with Gasteiger partial charge in [0.1, 0.15) is 0 Å². The van der Waals surface area contributed by atoms with Gasteiger partial charge in [0.15, 0.2) is 0 Å². The molecule has 1 aliphatic carbocycles. The topological polar surface area (TPSA) is 72.2 Å². The van der Waals surface area contributed by atoms with E-state index in [2.05, 4.69) is 4.72 Å². The largest absolute Gasteiger partial charge is 0.399 e. The summed E-state index contributed by atoms with van der Waals surface area (Å²) in [6, 6.07) is 4.83. The minimum absolute atomic E-state index is 0.228. The second-order valence-electron chi connectivity index (χ2n) is 5.11. The molecule has 1 aromatic rings. The third-order valence-corrected chi connectivity index (χ3v) is 5.47. The molecule has 18 heavy (non-hydrogen) atoms. The molecule has 0 saturated heterocycles. The summed E-state index contributed by atoms with van der Waals surface area (Å²) in [5.41, 5.74) is 6.88. The zero-order valence-electron chi connectivity index (χ0n) is 10.9. The van der Waals surface area contributed by atoms with Crippen LogP contribution in [0.15, 0.2) is 23.1 Å². The van der Waals surface area contributed by atoms with Gasteiger partial charge in [-0.3, -0.25) is 0 Å². The minimum atomic E-state index is -3.44. The maximum Gasteiger partial charge on any atom is 0.241 e. The number of nitrogens with two attached hydrogens (primary N) is 1. The third kappa shape index (κ3) is 2.37. The van der Waals surface area contributed by atoms with Crippen LogP contribution in [0, 0.1) is 6.92 Å². The summed E-state index contributed by atoms with van der Waals surface area (Å²) in [6.07, 6.45) is 3.78. The van der Waals surface area contributed by atoms with Crippen LogP contribution < -0.4 is 10.5 Å². The first-order chi connectivity index (χ1) is 8.38. The Labute approximate surface area is 109 Å². The van der Waals surface area contributed by atoms with Crippen LogP contribution in [0.25, 0.3) is 0 Å². The zero-order valence-corrected chi connectivity index (χ0v) is 11.7. The molecule has 0 aromatic heterocycles. The lowest BCUT2D eigenvalue weighted by Gasteiger charge is -2.41. The molecular formula is C13H20N2O2S. The van der Waals surface area contributed by atoms with E-state index in [0.29, 0.717) is 10.6 Å². The summed E-state index contributed by atoms with van der Waals surface area (Å²) in [6.45, 7) is 3.84. The van der Waals surface area contributed by atoms with Gasteiger partial charge in [0, 0.05) is 11.2 Å². The molecule has 100 valence electrons. The lowest BCUT2D eigenvalue weighted by Crippen LogP contribution is -2.52. The summed E-state index contributed by atoms with van der Waals surface area (Å²) >= 11 is 0. The fraction of sp³-hybridized carbons (Fsp3) is 0.538. The smallest absolute Gasteiger partial charge is 0.241 e. The van der Waals surface area contributed by atoms with Crippen LogP contribution in [0.1, 0.15) is 38.2 Å². The van der Waals surface area contributed by atoms with Crippen LogP contribution in [0.5, 0.6) is 0 Å².